The van der Waals surface area contributed by atoms with Gasteiger partial charge >= 0.3 is 0 Å². The number of hydrogen-bond acceptors (Lipinski definition) is 5. The van der Waals surface area contributed by atoms with Gasteiger partial charge in [-0.2, -0.15) is 0 Å². The van der Waals surface area contributed by atoms with E-state index in [-0.39, 0.29) is 23.3 Å². The van der Waals surface area contributed by atoms with Gasteiger partial charge in [0.2, 0.25) is 15.9 Å². The lowest BCUT2D eigenvalue weighted by molar-refractivity contribution is -0.139. The van der Waals surface area contributed by atoms with E-state index >= 15 is 9.18 Å². The summed E-state index contributed by atoms with van der Waals surface area (Å²) in [4.78, 5) is 33.0. The van der Waals surface area contributed by atoms with Crippen LogP contribution in [-0.4, -0.2) is 72.1 Å². The zero-order valence-electron chi connectivity index (χ0n) is 29.3. The number of likely N-dealkylation sites (N-methyl/N-ethyl adjacent to an activating group) is 1. The molecule has 10 heteroatoms. The van der Waals surface area contributed by atoms with Crippen molar-refractivity contribution in [3.8, 4) is 11.3 Å². The molecule has 262 valence electrons. The molecule has 3 aromatic rings. The average Bonchev–Trinajstić information content (AvgIpc) is 3.87. The van der Waals surface area contributed by atoms with Crippen molar-refractivity contribution in [3.63, 3.8) is 0 Å². The summed E-state index contributed by atoms with van der Waals surface area (Å²) in [5.74, 6) is -0.501. The molecule has 3 aliphatic carbocycles. The Morgan fingerprint density at radius 3 is 2.49 bits per heavy atom. The third kappa shape index (κ3) is 5.01. The molecule has 3 atom stereocenters. The molecule has 49 heavy (non-hydrogen) atoms. The smallest absolute Gasteiger partial charge is 0.264 e. The van der Waals surface area contributed by atoms with Gasteiger partial charge in [-0.05, 0) is 113 Å². The van der Waals surface area contributed by atoms with Crippen molar-refractivity contribution in [1.82, 2.24) is 19.1 Å². The second-order valence-corrected chi connectivity index (χ2v) is 18.4. The number of carbonyl (C=O) groups is 2. The van der Waals surface area contributed by atoms with Gasteiger partial charge in [0.05, 0.1) is 15.9 Å². The fourth-order valence-corrected chi connectivity index (χ4v) is 10.8. The summed E-state index contributed by atoms with van der Waals surface area (Å²) >= 11 is 0. The minimum Gasteiger partial charge on any atom is -0.339 e. The van der Waals surface area contributed by atoms with E-state index in [0.29, 0.717) is 31.7 Å². The van der Waals surface area contributed by atoms with Gasteiger partial charge in [0.15, 0.2) is 0 Å². The lowest BCUT2D eigenvalue weighted by atomic mass is 9.79. The number of amides is 2. The first-order valence-corrected chi connectivity index (χ1v) is 19.8. The highest BCUT2D eigenvalue weighted by molar-refractivity contribution is 7.91. The fourth-order valence-electron chi connectivity index (χ4n) is 9.55. The molecule has 3 heterocycles. The number of carbonyl (C=O) groups excluding carboxylic acids is 2. The van der Waals surface area contributed by atoms with Crippen molar-refractivity contribution < 1.29 is 22.4 Å². The van der Waals surface area contributed by atoms with Gasteiger partial charge in [0.25, 0.3) is 5.91 Å². The Bertz CT molecular complexity index is 1980. The number of nitrogens with zero attached hydrogens (tertiary/aromatic N) is 3. The topological polar surface area (TPSA) is 91.7 Å². The minimum atomic E-state index is -3.82. The van der Waals surface area contributed by atoms with Crippen molar-refractivity contribution >= 4 is 32.7 Å². The number of nitrogens with one attached hydrogen (secondary N) is 1. The van der Waals surface area contributed by atoms with Crippen LogP contribution in [0.15, 0.2) is 36.4 Å². The second kappa shape index (κ2) is 11.4. The predicted molar refractivity (Wildman–Crippen MR) is 189 cm³/mol. The molecular formula is C39H49FN4O4S. The van der Waals surface area contributed by atoms with E-state index in [9.17, 15) is 13.2 Å². The summed E-state index contributed by atoms with van der Waals surface area (Å²) in [6, 6.07) is 10.8. The third-order valence-electron chi connectivity index (χ3n) is 13.2. The first-order chi connectivity index (χ1) is 23.3. The van der Waals surface area contributed by atoms with E-state index in [4.69, 9.17) is 0 Å². The van der Waals surface area contributed by atoms with Crippen molar-refractivity contribution in [2.75, 3.05) is 26.7 Å². The Morgan fingerprint density at radius 1 is 1.02 bits per heavy atom. The van der Waals surface area contributed by atoms with Crippen LogP contribution in [0.3, 0.4) is 0 Å². The molecule has 2 amide bonds. The Labute approximate surface area is 289 Å². The van der Waals surface area contributed by atoms with Crippen LogP contribution in [0, 0.1) is 11.2 Å². The molecule has 1 unspecified atom stereocenters. The lowest BCUT2D eigenvalue weighted by Gasteiger charge is -2.33. The normalized spacial score (nSPS) is 27.4. The fraction of sp³-hybridized carbons (Fsp3) is 0.590. The largest absolute Gasteiger partial charge is 0.339 e. The number of fused-ring (bicyclic) bond motifs is 7. The lowest BCUT2D eigenvalue weighted by Crippen LogP contribution is -2.47. The van der Waals surface area contributed by atoms with E-state index in [2.05, 4.69) is 40.0 Å². The maximum Gasteiger partial charge on any atom is 0.264 e. The zero-order chi connectivity index (χ0) is 34.5. The van der Waals surface area contributed by atoms with E-state index < -0.39 is 31.5 Å². The van der Waals surface area contributed by atoms with Gasteiger partial charge in [-0.1, -0.05) is 39.2 Å². The average molecular weight is 689 g/mol. The molecule has 0 spiro atoms. The third-order valence-corrected chi connectivity index (χ3v) is 15.3. The molecule has 3 saturated carbocycles. The van der Waals surface area contributed by atoms with Crippen molar-refractivity contribution in [3.05, 3.63) is 58.9 Å². The van der Waals surface area contributed by atoms with Gasteiger partial charge in [-0.25, -0.2) is 17.5 Å². The highest BCUT2D eigenvalue weighted by Crippen LogP contribution is 2.70. The van der Waals surface area contributed by atoms with Crippen molar-refractivity contribution in [2.45, 2.75) is 114 Å². The second-order valence-electron chi connectivity index (χ2n) is 16.2. The SMILES string of the molecule is CCN(C)CC1CCCN1C(=O)[C@@]12Cn3c(c(C4CCCCC4)c4ccc(C(=O)NS(=O)(=O)C5(C)CC5)cc43)-c3ccc(F)cc3[C@]1(C)C2. The molecule has 1 aromatic heterocycles. The van der Waals surface area contributed by atoms with E-state index in [1.165, 1.54) is 18.1 Å². The summed E-state index contributed by atoms with van der Waals surface area (Å²) in [5, 5.41) is 1.03. The molecule has 0 radical (unpaired) electrons. The van der Waals surface area contributed by atoms with Gasteiger partial charge in [-0.3, -0.25) is 9.59 Å². The Morgan fingerprint density at radius 2 is 1.78 bits per heavy atom. The summed E-state index contributed by atoms with van der Waals surface area (Å²) in [6.07, 6.45) is 9.18. The number of likely N-dealkylation sites (tertiary alicyclic amines) is 1. The molecule has 5 aliphatic rings. The van der Waals surface area contributed by atoms with E-state index in [1.54, 1.807) is 19.1 Å². The van der Waals surface area contributed by atoms with Gasteiger partial charge < -0.3 is 14.4 Å². The van der Waals surface area contributed by atoms with Crippen molar-refractivity contribution in [2.24, 2.45) is 5.41 Å². The zero-order valence-corrected chi connectivity index (χ0v) is 30.1. The summed E-state index contributed by atoms with van der Waals surface area (Å²) in [7, 11) is -1.72. The predicted octanol–water partition coefficient (Wildman–Crippen LogP) is 6.71. The van der Waals surface area contributed by atoms with Crippen LogP contribution in [0.25, 0.3) is 22.2 Å². The molecule has 2 aliphatic heterocycles. The summed E-state index contributed by atoms with van der Waals surface area (Å²) in [5.41, 5.74) is 3.88. The van der Waals surface area contributed by atoms with E-state index in [1.807, 2.05) is 18.2 Å². The van der Waals surface area contributed by atoms with Crippen molar-refractivity contribution in [1.29, 1.82) is 0 Å². The molecule has 8 nitrogen and oxygen atoms in total. The number of benzene rings is 2. The minimum absolute atomic E-state index is 0.135. The summed E-state index contributed by atoms with van der Waals surface area (Å²) < 4.78 is 45.0. The molecule has 2 aromatic carbocycles. The Balaban J connectivity index is 1.30. The number of hydrogen-bond donors (Lipinski definition) is 1. The van der Waals surface area contributed by atoms with Crippen LogP contribution in [0.2, 0.25) is 0 Å². The molecule has 0 bridgehead atoms. The van der Waals surface area contributed by atoms with E-state index in [0.717, 1.165) is 85.9 Å². The van der Waals surface area contributed by atoms with Crippen LogP contribution in [-0.2, 0) is 26.8 Å². The van der Waals surface area contributed by atoms with Crippen LogP contribution < -0.4 is 4.72 Å². The van der Waals surface area contributed by atoms with Gasteiger partial charge in [0.1, 0.15) is 5.82 Å². The monoisotopic (exact) mass is 688 g/mol. The maximum absolute atomic E-state index is 15.3. The first kappa shape index (κ1) is 32.9. The quantitative estimate of drug-likeness (QED) is 0.284. The van der Waals surface area contributed by atoms with Gasteiger partial charge in [-0.15, -0.1) is 0 Å². The molecule has 8 rings (SSSR count). The number of rotatable bonds is 8. The Kier molecular flexibility index (Phi) is 7.65. The first-order valence-electron chi connectivity index (χ1n) is 18.4. The molecular weight excluding hydrogens is 640 g/mol. The van der Waals surface area contributed by atoms with Crippen LogP contribution in [0.4, 0.5) is 4.39 Å². The summed E-state index contributed by atoms with van der Waals surface area (Å²) in [6.45, 7) is 8.82. The molecule has 1 saturated heterocycles. The van der Waals surface area contributed by atoms with Crippen LogP contribution in [0.1, 0.15) is 112 Å². The van der Waals surface area contributed by atoms with Crippen LogP contribution in [0.5, 0.6) is 0 Å². The van der Waals surface area contributed by atoms with Gasteiger partial charge in [0, 0.05) is 53.1 Å². The highest BCUT2D eigenvalue weighted by Gasteiger charge is 2.72. The maximum atomic E-state index is 15.3. The van der Waals surface area contributed by atoms with Crippen LogP contribution >= 0.6 is 0 Å². The highest BCUT2D eigenvalue weighted by atomic mass is 32.2. The molecule has 4 fully saturated rings. The number of sulfonamides is 1. The Hall–Kier alpha value is -3.24. The standard InChI is InChI=1S/C39H49FN4O4S/c1-5-42(4)22-28-12-9-19-43(28)36(46)39-23-38(39,3)31-21-27(40)14-16-29(31)34-33(25-10-7-6-8-11-25)30-15-13-26(20-32(30)44(34)24-39)35(45)41-49(47,48)37(2)17-18-37/h13-16,20-21,25,28H,5-12,17-19,22-24H2,1-4H3,(H,41,45)/t28?,38-,39+/m0/s1. The molecule has 1 N–H and O–H groups in total. The number of halogens is 1. The number of aromatic nitrogens is 1.